The van der Waals surface area contributed by atoms with Crippen molar-refractivity contribution >= 4 is 32.6 Å². The monoisotopic (exact) mass is 305 g/mol. The third kappa shape index (κ3) is 3.16. The van der Waals surface area contributed by atoms with E-state index in [2.05, 4.69) is 21.4 Å². The summed E-state index contributed by atoms with van der Waals surface area (Å²) in [5, 5.41) is 1.00. The van der Waals surface area contributed by atoms with E-state index < -0.39 is 0 Å². The number of fused-ring (bicyclic) bond motifs is 1. The lowest BCUT2D eigenvalue weighted by molar-refractivity contribution is -0.137. The van der Waals surface area contributed by atoms with Gasteiger partial charge >= 0.3 is 0 Å². The van der Waals surface area contributed by atoms with Gasteiger partial charge in [-0.1, -0.05) is 23.5 Å². The van der Waals surface area contributed by atoms with Crippen LogP contribution in [0.25, 0.3) is 10.2 Å². The Morgan fingerprint density at radius 2 is 2.38 bits per heavy atom. The highest BCUT2D eigenvalue weighted by molar-refractivity contribution is 7.22. The molecule has 0 aliphatic carbocycles. The molecule has 1 aliphatic heterocycles. The Balaban J connectivity index is 1.72. The number of para-hydroxylation sites is 1. The van der Waals surface area contributed by atoms with Crippen LogP contribution in [-0.2, 0) is 9.63 Å². The Hall–Kier alpha value is -1.66. The molecule has 5 nitrogen and oxygen atoms in total. The molecule has 1 atom stereocenters. The molecule has 0 radical (unpaired) electrons. The number of nitrogens with zero attached hydrogens (tertiary/aromatic N) is 2. The minimum Gasteiger partial charge on any atom is -0.347 e. The minimum absolute atomic E-state index is 0.0253. The molecule has 6 heteroatoms. The summed E-state index contributed by atoms with van der Waals surface area (Å²) in [4.78, 5) is 23.9. The molecule has 0 spiro atoms. The lowest BCUT2D eigenvalue weighted by Gasteiger charge is -2.31. The van der Waals surface area contributed by atoms with Crippen molar-refractivity contribution in [2.75, 3.05) is 24.6 Å². The fraction of sp³-hybridized carbons (Fsp3) is 0.467. The fourth-order valence-corrected chi connectivity index (χ4v) is 3.59. The molecule has 2 heterocycles. The summed E-state index contributed by atoms with van der Waals surface area (Å²) in [7, 11) is 0. The van der Waals surface area contributed by atoms with Crippen molar-refractivity contribution in [2.45, 2.75) is 19.8 Å². The standard InChI is InChI=1S/C15H19N3O2S/c1-2-20-17-14(19)11-6-5-9-18(10-11)15-16-12-7-3-4-8-13(12)21-15/h3-4,7-8,11H,2,5-6,9-10H2,1H3,(H,17,19)/t11-/m0/s1. The van der Waals surface area contributed by atoms with Crippen molar-refractivity contribution in [1.82, 2.24) is 10.5 Å². The maximum atomic E-state index is 12.0. The Kier molecular flexibility index (Phi) is 4.36. The van der Waals surface area contributed by atoms with Gasteiger partial charge in [-0.2, -0.15) is 0 Å². The van der Waals surface area contributed by atoms with Crippen molar-refractivity contribution in [2.24, 2.45) is 5.92 Å². The molecule has 0 bridgehead atoms. The summed E-state index contributed by atoms with van der Waals surface area (Å²) >= 11 is 1.69. The molecule has 0 unspecified atom stereocenters. The van der Waals surface area contributed by atoms with Crippen LogP contribution < -0.4 is 10.4 Å². The average molecular weight is 305 g/mol. The van der Waals surface area contributed by atoms with Crippen molar-refractivity contribution in [3.63, 3.8) is 0 Å². The zero-order valence-corrected chi connectivity index (χ0v) is 12.9. The maximum Gasteiger partial charge on any atom is 0.248 e. The number of hydroxylamine groups is 1. The SMILES string of the molecule is CCONC(=O)[C@H]1CCCN(c2nc3ccccc3s2)C1. The van der Waals surface area contributed by atoms with Crippen LogP contribution in [0.3, 0.4) is 0 Å². The van der Waals surface area contributed by atoms with E-state index in [4.69, 9.17) is 4.84 Å². The molecule has 1 aromatic heterocycles. The van der Waals surface area contributed by atoms with Gasteiger partial charge in [0.25, 0.3) is 0 Å². The van der Waals surface area contributed by atoms with Gasteiger partial charge in [-0.3, -0.25) is 9.63 Å². The lowest BCUT2D eigenvalue weighted by Crippen LogP contribution is -2.43. The van der Waals surface area contributed by atoms with Crippen molar-refractivity contribution < 1.29 is 9.63 Å². The van der Waals surface area contributed by atoms with Gasteiger partial charge in [-0.15, -0.1) is 0 Å². The molecule has 1 aliphatic rings. The van der Waals surface area contributed by atoms with Crippen LogP contribution in [0.4, 0.5) is 5.13 Å². The number of amides is 1. The van der Waals surface area contributed by atoms with Gasteiger partial charge in [-0.05, 0) is 31.9 Å². The van der Waals surface area contributed by atoms with Gasteiger partial charge in [0.2, 0.25) is 5.91 Å². The molecule has 112 valence electrons. The van der Waals surface area contributed by atoms with Gasteiger partial charge in [0.05, 0.1) is 22.7 Å². The second-order valence-electron chi connectivity index (χ2n) is 5.15. The molecule has 1 amide bonds. The van der Waals surface area contributed by atoms with Crippen LogP contribution in [-0.4, -0.2) is 30.6 Å². The van der Waals surface area contributed by atoms with E-state index >= 15 is 0 Å². The highest BCUT2D eigenvalue weighted by Crippen LogP contribution is 2.31. The smallest absolute Gasteiger partial charge is 0.248 e. The average Bonchev–Trinajstić information content (AvgIpc) is 2.97. The first-order chi connectivity index (χ1) is 10.3. The number of benzene rings is 1. The quantitative estimate of drug-likeness (QED) is 0.882. The summed E-state index contributed by atoms with van der Waals surface area (Å²) in [6, 6.07) is 8.14. The van der Waals surface area contributed by atoms with Gasteiger partial charge in [0.15, 0.2) is 5.13 Å². The zero-order valence-electron chi connectivity index (χ0n) is 12.0. The van der Waals surface area contributed by atoms with Crippen molar-refractivity contribution in [1.29, 1.82) is 0 Å². The van der Waals surface area contributed by atoms with Crippen molar-refractivity contribution in [3.05, 3.63) is 24.3 Å². The molecule has 1 aromatic carbocycles. The zero-order chi connectivity index (χ0) is 14.7. The number of anilines is 1. The van der Waals surface area contributed by atoms with Gasteiger partial charge in [0, 0.05) is 13.1 Å². The summed E-state index contributed by atoms with van der Waals surface area (Å²) < 4.78 is 1.19. The van der Waals surface area contributed by atoms with Crippen LogP contribution in [0.2, 0.25) is 0 Å². The second kappa shape index (κ2) is 6.41. The Labute approximate surface area is 127 Å². The molecule has 1 N–H and O–H groups in total. The van der Waals surface area contributed by atoms with Gasteiger partial charge < -0.3 is 4.90 Å². The highest BCUT2D eigenvalue weighted by atomic mass is 32.1. The Morgan fingerprint density at radius 3 is 3.19 bits per heavy atom. The topological polar surface area (TPSA) is 54.5 Å². The van der Waals surface area contributed by atoms with Crippen LogP contribution in [0.15, 0.2) is 24.3 Å². The third-order valence-electron chi connectivity index (χ3n) is 3.66. The highest BCUT2D eigenvalue weighted by Gasteiger charge is 2.27. The Morgan fingerprint density at radius 1 is 1.52 bits per heavy atom. The molecular formula is C15H19N3O2S. The van der Waals surface area contributed by atoms with E-state index in [1.165, 1.54) is 4.70 Å². The van der Waals surface area contributed by atoms with E-state index in [0.29, 0.717) is 13.2 Å². The number of piperidine rings is 1. The number of thiazole rings is 1. The van der Waals surface area contributed by atoms with E-state index in [-0.39, 0.29) is 11.8 Å². The van der Waals surface area contributed by atoms with E-state index in [1.54, 1.807) is 11.3 Å². The normalized spacial score (nSPS) is 18.9. The molecule has 21 heavy (non-hydrogen) atoms. The van der Waals surface area contributed by atoms with Gasteiger partial charge in [0.1, 0.15) is 0 Å². The number of carbonyl (C=O) groups excluding carboxylic acids is 1. The van der Waals surface area contributed by atoms with Crippen LogP contribution in [0.5, 0.6) is 0 Å². The molecule has 2 aromatic rings. The second-order valence-corrected chi connectivity index (χ2v) is 6.16. The summed E-state index contributed by atoms with van der Waals surface area (Å²) in [5.74, 6) is -0.0556. The number of hydrogen-bond donors (Lipinski definition) is 1. The summed E-state index contributed by atoms with van der Waals surface area (Å²) in [6.07, 6.45) is 1.90. The molecule has 3 rings (SSSR count). The first-order valence-corrected chi connectivity index (χ1v) is 8.11. The van der Waals surface area contributed by atoms with E-state index in [9.17, 15) is 4.79 Å². The predicted molar refractivity (Wildman–Crippen MR) is 84.3 cm³/mol. The number of nitrogens with one attached hydrogen (secondary N) is 1. The van der Waals surface area contributed by atoms with Crippen molar-refractivity contribution in [3.8, 4) is 0 Å². The largest absolute Gasteiger partial charge is 0.347 e. The summed E-state index contributed by atoms with van der Waals surface area (Å²) in [6.45, 7) is 4.01. The predicted octanol–water partition coefficient (Wildman–Crippen LogP) is 2.58. The molecule has 1 saturated heterocycles. The van der Waals surface area contributed by atoms with Crippen LogP contribution in [0, 0.1) is 5.92 Å². The number of rotatable bonds is 4. The van der Waals surface area contributed by atoms with E-state index in [1.807, 2.05) is 25.1 Å². The van der Waals surface area contributed by atoms with E-state index in [0.717, 1.165) is 30.0 Å². The van der Waals surface area contributed by atoms with Crippen LogP contribution in [0.1, 0.15) is 19.8 Å². The van der Waals surface area contributed by atoms with Crippen LogP contribution >= 0.6 is 11.3 Å². The maximum absolute atomic E-state index is 12.0. The first kappa shape index (κ1) is 14.3. The number of aromatic nitrogens is 1. The molecule has 0 saturated carbocycles. The molecular weight excluding hydrogens is 286 g/mol. The number of hydrogen-bond acceptors (Lipinski definition) is 5. The molecule has 1 fully saturated rings. The minimum atomic E-state index is -0.0303. The third-order valence-corrected chi connectivity index (χ3v) is 4.76. The fourth-order valence-electron chi connectivity index (χ4n) is 2.59. The Bertz CT molecular complexity index is 595. The summed E-state index contributed by atoms with van der Waals surface area (Å²) in [5.41, 5.74) is 3.54. The lowest BCUT2D eigenvalue weighted by atomic mass is 9.98. The number of carbonyl (C=O) groups is 1. The first-order valence-electron chi connectivity index (χ1n) is 7.30. The van der Waals surface area contributed by atoms with Gasteiger partial charge in [-0.25, -0.2) is 10.5 Å².